The molecule has 0 aliphatic rings. The van der Waals surface area contributed by atoms with Gasteiger partial charge in [-0.15, -0.1) is 0 Å². The molecule has 0 unspecified atom stereocenters. The predicted octanol–water partition coefficient (Wildman–Crippen LogP) is 2.40. The minimum Gasteiger partial charge on any atom is -0.466 e. The van der Waals surface area contributed by atoms with Gasteiger partial charge in [-0.2, -0.15) is 0 Å². The number of allylic oxidation sites excluding steroid dienone is 2. The normalized spacial score (nSPS) is 10.8. The number of unbranched alkanes of at least 4 members (excludes halogenated alkanes) is 2. The fraction of sp³-hybridized carbons (Fsp3) is 0.750. The Morgan fingerprint density at radius 1 is 1.27 bits per heavy atom. The summed E-state index contributed by atoms with van der Waals surface area (Å²) in [7, 11) is 0. The van der Waals surface area contributed by atoms with Gasteiger partial charge in [-0.25, -0.2) is 0 Å². The zero-order valence-corrected chi connectivity index (χ0v) is 9.71. The second-order valence-corrected chi connectivity index (χ2v) is 3.52. The summed E-state index contributed by atoms with van der Waals surface area (Å²) in [4.78, 5) is 11.0. The van der Waals surface area contributed by atoms with Crippen LogP contribution in [0.4, 0.5) is 0 Å². The van der Waals surface area contributed by atoms with E-state index in [0.717, 1.165) is 25.7 Å². The average molecular weight is 213 g/mol. The molecular weight excluding hydrogens is 190 g/mol. The minimum atomic E-state index is -0.127. The van der Waals surface area contributed by atoms with E-state index in [2.05, 4.69) is 19.1 Å². The highest BCUT2D eigenvalue weighted by atomic mass is 16.5. The molecule has 0 fully saturated rings. The van der Waals surface area contributed by atoms with Crippen molar-refractivity contribution in [3.63, 3.8) is 0 Å². The first kappa shape index (κ1) is 14.2. The van der Waals surface area contributed by atoms with Crippen LogP contribution in [0.2, 0.25) is 0 Å². The molecule has 15 heavy (non-hydrogen) atoms. The molecule has 0 aromatic heterocycles. The van der Waals surface area contributed by atoms with Gasteiger partial charge in [0.2, 0.25) is 0 Å². The maximum atomic E-state index is 11.0. The molecule has 0 aromatic rings. The van der Waals surface area contributed by atoms with E-state index in [1.165, 1.54) is 6.42 Å². The van der Waals surface area contributed by atoms with Crippen LogP contribution in [0, 0.1) is 0 Å². The lowest BCUT2D eigenvalue weighted by Crippen LogP contribution is -2.08. The van der Waals surface area contributed by atoms with Crippen LogP contribution in [-0.4, -0.2) is 19.1 Å². The number of carbonyl (C=O) groups excluding carboxylic acids is 1. The van der Waals surface area contributed by atoms with Crippen molar-refractivity contribution in [1.29, 1.82) is 0 Å². The van der Waals surface area contributed by atoms with Crippen LogP contribution in [0.15, 0.2) is 12.2 Å². The smallest absolute Gasteiger partial charge is 0.305 e. The van der Waals surface area contributed by atoms with Crippen molar-refractivity contribution in [2.45, 2.75) is 45.4 Å². The Morgan fingerprint density at radius 3 is 2.67 bits per heavy atom. The monoisotopic (exact) mass is 213 g/mol. The summed E-state index contributed by atoms with van der Waals surface area (Å²) in [6.07, 6.45) is 9.71. The number of nitrogens with two attached hydrogens (primary N) is 1. The summed E-state index contributed by atoms with van der Waals surface area (Å²) in [6.45, 7) is 3.23. The highest BCUT2D eigenvalue weighted by Crippen LogP contribution is 1.97. The van der Waals surface area contributed by atoms with Crippen molar-refractivity contribution in [2.24, 2.45) is 5.73 Å². The van der Waals surface area contributed by atoms with Gasteiger partial charge >= 0.3 is 5.97 Å². The minimum absolute atomic E-state index is 0.127. The standard InChI is InChI=1S/C12H23NO2/c1-2-3-4-5-6-7-11-15-12(14)9-8-10-13/h4-5H,2-3,6-11,13H2,1H3/b5-4-. The molecule has 0 atom stereocenters. The zero-order valence-electron chi connectivity index (χ0n) is 9.71. The number of esters is 1. The van der Waals surface area contributed by atoms with Crippen LogP contribution in [0.25, 0.3) is 0 Å². The van der Waals surface area contributed by atoms with Crippen molar-refractivity contribution in [1.82, 2.24) is 0 Å². The van der Waals surface area contributed by atoms with Gasteiger partial charge in [0, 0.05) is 6.42 Å². The van der Waals surface area contributed by atoms with E-state index in [1.807, 2.05) is 0 Å². The van der Waals surface area contributed by atoms with Gasteiger partial charge in [0.25, 0.3) is 0 Å². The van der Waals surface area contributed by atoms with E-state index >= 15 is 0 Å². The molecule has 0 heterocycles. The molecule has 0 aliphatic heterocycles. The lowest BCUT2D eigenvalue weighted by molar-refractivity contribution is -0.143. The van der Waals surface area contributed by atoms with Crippen LogP contribution in [-0.2, 0) is 9.53 Å². The Hall–Kier alpha value is -0.830. The van der Waals surface area contributed by atoms with Gasteiger partial charge in [0.05, 0.1) is 6.61 Å². The van der Waals surface area contributed by atoms with E-state index in [-0.39, 0.29) is 5.97 Å². The second-order valence-electron chi connectivity index (χ2n) is 3.52. The predicted molar refractivity (Wildman–Crippen MR) is 62.5 cm³/mol. The Bertz CT molecular complexity index is 178. The van der Waals surface area contributed by atoms with Crippen LogP contribution in [0.3, 0.4) is 0 Å². The first-order valence-electron chi connectivity index (χ1n) is 5.82. The van der Waals surface area contributed by atoms with Crippen molar-refractivity contribution >= 4 is 5.97 Å². The summed E-state index contributed by atoms with van der Waals surface area (Å²) in [5, 5.41) is 0. The molecule has 0 saturated carbocycles. The summed E-state index contributed by atoms with van der Waals surface area (Å²) in [5.41, 5.74) is 5.28. The Balaban J connectivity index is 3.19. The van der Waals surface area contributed by atoms with E-state index in [9.17, 15) is 4.79 Å². The summed E-state index contributed by atoms with van der Waals surface area (Å²) in [6, 6.07) is 0. The molecule has 0 radical (unpaired) electrons. The largest absolute Gasteiger partial charge is 0.466 e. The molecule has 0 amide bonds. The SMILES string of the molecule is CCC/C=C\CCCOC(=O)CCCN. The van der Waals surface area contributed by atoms with Gasteiger partial charge in [-0.05, 0) is 32.2 Å². The average Bonchev–Trinajstić information content (AvgIpc) is 2.25. The maximum Gasteiger partial charge on any atom is 0.305 e. The Labute approximate surface area is 92.7 Å². The quantitative estimate of drug-likeness (QED) is 0.363. The third kappa shape index (κ3) is 11.1. The van der Waals surface area contributed by atoms with Crippen molar-refractivity contribution in [2.75, 3.05) is 13.2 Å². The Kier molecular flexibility index (Phi) is 10.6. The van der Waals surface area contributed by atoms with Crippen LogP contribution < -0.4 is 5.73 Å². The van der Waals surface area contributed by atoms with Gasteiger partial charge in [0.1, 0.15) is 0 Å². The molecule has 0 rings (SSSR count). The number of hydrogen-bond acceptors (Lipinski definition) is 3. The zero-order chi connectivity index (χ0) is 11.4. The number of hydrogen-bond donors (Lipinski definition) is 1. The molecule has 0 aliphatic carbocycles. The van der Waals surface area contributed by atoms with E-state index in [4.69, 9.17) is 10.5 Å². The van der Waals surface area contributed by atoms with Gasteiger partial charge in [-0.1, -0.05) is 25.5 Å². The Morgan fingerprint density at radius 2 is 2.00 bits per heavy atom. The van der Waals surface area contributed by atoms with Crippen molar-refractivity contribution in [3.05, 3.63) is 12.2 Å². The molecule has 0 spiro atoms. The van der Waals surface area contributed by atoms with Crippen molar-refractivity contribution in [3.8, 4) is 0 Å². The third-order valence-corrected chi connectivity index (χ3v) is 1.99. The van der Waals surface area contributed by atoms with Crippen LogP contribution in [0.1, 0.15) is 45.4 Å². The van der Waals surface area contributed by atoms with Crippen molar-refractivity contribution < 1.29 is 9.53 Å². The lowest BCUT2D eigenvalue weighted by atomic mass is 10.2. The second kappa shape index (κ2) is 11.2. The number of carbonyl (C=O) groups is 1. The summed E-state index contributed by atoms with van der Waals surface area (Å²) < 4.78 is 5.02. The molecule has 3 heteroatoms. The summed E-state index contributed by atoms with van der Waals surface area (Å²) >= 11 is 0. The summed E-state index contributed by atoms with van der Waals surface area (Å²) in [5.74, 6) is -0.127. The topological polar surface area (TPSA) is 52.3 Å². The van der Waals surface area contributed by atoms with E-state index in [0.29, 0.717) is 19.6 Å². The molecule has 3 nitrogen and oxygen atoms in total. The van der Waals surface area contributed by atoms with E-state index in [1.54, 1.807) is 0 Å². The molecule has 2 N–H and O–H groups in total. The first-order valence-corrected chi connectivity index (χ1v) is 5.82. The molecule has 88 valence electrons. The highest BCUT2D eigenvalue weighted by Gasteiger charge is 1.99. The number of ether oxygens (including phenoxy) is 1. The third-order valence-electron chi connectivity index (χ3n) is 1.99. The fourth-order valence-corrected chi connectivity index (χ4v) is 1.11. The molecule has 0 saturated heterocycles. The highest BCUT2D eigenvalue weighted by molar-refractivity contribution is 5.69. The molecular formula is C12H23NO2. The number of rotatable bonds is 9. The molecule has 0 bridgehead atoms. The lowest BCUT2D eigenvalue weighted by Gasteiger charge is -2.02. The first-order chi connectivity index (χ1) is 7.31. The van der Waals surface area contributed by atoms with Crippen LogP contribution in [0.5, 0.6) is 0 Å². The fourth-order valence-electron chi connectivity index (χ4n) is 1.11. The maximum absolute atomic E-state index is 11.0. The molecule has 0 aromatic carbocycles. The van der Waals surface area contributed by atoms with Gasteiger partial charge in [-0.3, -0.25) is 4.79 Å². The van der Waals surface area contributed by atoms with E-state index < -0.39 is 0 Å². The van der Waals surface area contributed by atoms with Crippen LogP contribution >= 0.6 is 0 Å². The van der Waals surface area contributed by atoms with Gasteiger partial charge in [0.15, 0.2) is 0 Å². The van der Waals surface area contributed by atoms with Gasteiger partial charge < -0.3 is 10.5 Å².